The third-order valence-corrected chi connectivity index (χ3v) is 5.57. The Bertz CT molecular complexity index is 580. The summed E-state index contributed by atoms with van der Waals surface area (Å²) in [5.41, 5.74) is 0.835. The molecular formula is C11H10ClN2OS2. The Morgan fingerprint density at radius 3 is 2.94 bits per heavy atom. The summed E-state index contributed by atoms with van der Waals surface area (Å²) in [6.45, 7) is 0.203. The van der Waals surface area contributed by atoms with Crippen molar-refractivity contribution < 1.29 is 5.11 Å². The van der Waals surface area contributed by atoms with E-state index in [0.29, 0.717) is 0 Å². The molecule has 1 radical (unpaired) electrons. The number of nitrogens with zero attached hydrogens (tertiary/aromatic N) is 2. The Morgan fingerprint density at radius 2 is 2.35 bits per heavy atom. The van der Waals surface area contributed by atoms with E-state index < -0.39 is 0 Å². The van der Waals surface area contributed by atoms with Gasteiger partial charge in [0.15, 0.2) is 0 Å². The van der Waals surface area contributed by atoms with Crippen molar-refractivity contribution >= 4 is 44.9 Å². The van der Waals surface area contributed by atoms with E-state index in [1.165, 1.54) is 4.88 Å². The minimum Gasteiger partial charge on any atom is -0.395 e. The molecule has 0 aromatic carbocycles. The summed E-state index contributed by atoms with van der Waals surface area (Å²) in [7, 11) is 0. The maximum atomic E-state index is 9.53. The van der Waals surface area contributed by atoms with E-state index >= 15 is 0 Å². The maximum absolute atomic E-state index is 9.53. The summed E-state index contributed by atoms with van der Waals surface area (Å²) < 4.78 is 0.925. The van der Waals surface area contributed by atoms with E-state index in [9.17, 15) is 5.11 Å². The number of fused-ring (bicyclic) bond motifs is 1. The highest BCUT2D eigenvalue weighted by Crippen LogP contribution is 2.54. The van der Waals surface area contributed by atoms with Gasteiger partial charge in [-0.15, -0.1) is 23.1 Å². The Hall–Kier alpha value is -0.360. The second-order valence-corrected chi connectivity index (χ2v) is 6.36. The first-order valence-electron chi connectivity index (χ1n) is 5.23. The van der Waals surface area contributed by atoms with E-state index in [0.717, 1.165) is 28.0 Å². The topological polar surface area (TPSA) is 46.0 Å². The summed E-state index contributed by atoms with van der Waals surface area (Å²) in [5, 5.41) is 9.76. The van der Waals surface area contributed by atoms with E-state index in [4.69, 9.17) is 11.6 Å². The first kappa shape index (κ1) is 11.7. The van der Waals surface area contributed by atoms with E-state index in [2.05, 4.69) is 16.2 Å². The molecule has 3 nitrogen and oxygen atoms in total. The van der Waals surface area contributed by atoms with E-state index in [-0.39, 0.29) is 17.3 Å². The number of rotatable bonds is 3. The molecule has 89 valence electrons. The maximum Gasteiger partial charge on any atom is 0.223 e. The van der Waals surface area contributed by atoms with Crippen LogP contribution in [0.3, 0.4) is 0 Å². The normalized spacial score (nSPS) is 17.6. The molecule has 0 saturated heterocycles. The second kappa shape index (κ2) is 4.09. The molecular weight excluding hydrogens is 276 g/mol. The second-order valence-electron chi connectivity index (χ2n) is 4.19. The Balaban J connectivity index is 2.25. The molecule has 2 aromatic rings. The number of aliphatic hydroxyl groups is 1. The zero-order chi connectivity index (χ0) is 12.0. The average Bonchev–Trinajstić information content (AvgIpc) is 3.05. The summed E-state index contributed by atoms with van der Waals surface area (Å²) in [4.78, 5) is 10.5. The molecule has 0 amide bonds. The van der Waals surface area contributed by atoms with Crippen LogP contribution in [0.25, 0.3) is 10.2 Å². The van der Waals surface area contributed by atoms with Gasteiger partial charge in [-0.1, -0.05) is 0 Å². The number of thiophene rings is 1. The summed E-state index contributed by atoms with van der Waals surface area (Å²) in [6, 6.07) is 0. The van der Waals surface area contributed by atoms with Crippen LogP contribution in [0.5, 0.6) is 0 Å². The highest BCUT2D eigenvalue weighted by molar-refractivity contribution is 7.99. The average molecular weight is 286 g/mol. The van der Waals surface area contributed by atoms with Crippen molar-refractivity contribution in [3.05, 3.63) is 16.4 Å². The molecule has 6 heteroatoms. The Labute approximate surface area is 112 Å². The molecule has 1 N–H and O–H groups in total. The third kappa shape index (κ3) is 1.76. The van der Waals surface area contributed by atoms with Crippen LogP contribution in [0.15, 0.2) is 4.90 Å². The van der Waals surface area contributed by atoms with Crippen LogP contribution in [0, 0.1) is 6.20 Å². The molecule has 0 bridgehead atoms. The molecule has 17 heavy (non-hydrogen) atoms. The van der Waals surface area contributed by atoms with Gasteiger partial charge < -0.3 is 5.11 Å². The van der Waals surface area contributed by atoms with Crippen molar-refractivity contribution in [1.82, 2.24) is 9.97 Å². The summed E-state index contributed by atoms with van der Waals surface area (Å²) in [5.74, 6) is 0. The fourth-order valence-electron chi connectivity index (χ4n) is 1.95. The largest absolute Gasteiger partial charge is 0.395 e. The predicted molar refractivity (Wildman–Crippen MR) is 71.0 cm³/mol. The Kier molecular flexibility index (Phi) is 2.82. The highest BCUT2D eigenvalue weighted by Gasteiger charge is 2.47. The van der Waals surface area contributed by atoms with Gasteiger partial charge in [-0.05, 0) is 30.7 Å². The Morgan fingerprint density at radius 1 is 1.59 bits per heavy atom. The number of hydrogen-bond donors (Lipinski definition) is 1. The lowest BCUT2D eigenvalue weighted by Crippen LogP contribution is -2.10. The molecule has 0 atom stereocenters. The van der Waals surface area contributed by atoms with Crippen LogP contribution in [0.1, 0.15) is 17.7 Å². The molecule has 0 unspecified atom stereocenters. The summed E-state index contributed by atoms with van der Waals surface area (Å²) in [6.07, 6.45) is 7.03. The zero-order valence-electron chi connectivity index (χ0n) is 9.16. The monoisotopic (exact) mass is 285 g/mol. The predicted octanol–water partition coefficient (Wildman–Crippen LogP) is 2.89. The van der Waals surface area contributed by atoms with Crippen molar-refractivity contribution in [2.24, 2.45) is 0 Å². The van der Waals surface area contributed by atoms with Crippen molar-refractivity contribution in [2.75, 3.05) is 12.9 Å². The molecule has 0 spiro atoms. The highest BCUT2D eigenvalue weighted by atomic mass is 35.5. The van der Waals surface area contributed by atoms with Gasteiger partial charge >= 0.3 is 0 Å². The molecule has 1 saturated carbocycles. The fourth-order valence-corrected chi connectivity index (χ4v) is 4.47. The van der Waals surface area contributed by atoms with Crippen LogP contribution >= 0.6 is 34.7 Å². The first-order chi connectivity index (χ1) is 8.20. The van der Waals surface area contributed by atoms with Crippen LogP contribution in [0.2, 0.25) is 5.28 Å². The van der Waals surface area contributed by atoms with Crippen LogP contribution < -0.4 is 0 Å². The van der Waals surface area contributed by atoms with Crippen molar-refractivity contribution in [3.8, 4) is 0 Å². The van der Waals surface area contributed by atoms with E-state index in [1.807, 2.05) is 6.26 Å². The molecule has 1 aliphatic carbocycles. The van der Waals surface area contributed by atoms with Crippen LogP contribution in [-0.4, -0.2) is 27.9 Å². The quantitative estimate of drug-likeness (QED) is 0.696. The van der Waals surface area contributed by atoms with Gasteiger partial charge in [0.1, 0.15) is 11.7 Å². The molecule has 1 fully saturated rings. The van der Waals surface area contributed by atoms with Gasteiger partial charge in [-0.2, -0.15) is 0 Å². The van der Waals surface area contributed by atoms with Gasteiger partial charge in [0.2, 0.25) is 5.28 Å². The molecule has 3 rings (SSSR count). The lowest BCUT2D eigenvalue weighted by molar-refractivity contribution is 0.255. The smallest absolute Gasteiger partial charge is 0.223 e. The lowest BCUT2D eigenvalue weighted by atomic mass is 10.1. The number of thioether (sulfide) groups is 1. The fraction of sp³-hybridized carbons (Fsp3) is 0.455. The minimum atomic E-state index is -0.0377. The molecule has 0 aliphatic heterocycles. The van der Waals surface area contributed by atoms with E-state index in [1.54, 1.807) is 23.1 Å². The molecule has 2 heterocycles. The van der Waals surface area contributed by atoms with Gasteiger partial charge in [0.05, 0.1) is 11.3 Å². The van der Waals surface area contributed by atoms with Crippen molar-refractivity contribution in [1.29, 1.82) is 0 Å². The van der Waals surface area contributed by atoms with Crippen LogP contribution in [0.4, 0.5) is 0 Å². The standard InChI is InChI=1S/C11H10ClN2OS2/c1-16-8-7-6(4-13-10(12)14-7)17-9(8)11(5-15)2-3-11/h15H,2-3,5H2,1H3. The van der Waals surface area contributed by atoms with Crippen molar-refractivity contribution in [3.63, 3.8) is 0 Å². The number of hydrogen-bond acceptors (Lipinski definition) is 5. The van der Waals surface area contributed by atoms with Gasteiger partial charge in [0.25, 0.3) is 0 Å². The summed E-state index contributed by atoms with van der Waals surface area (Å²) >= 11 is 9.10. The van der Waals surface area contributed by atoms with Gasteiger partial charge in [-0.25, -0.2) is 9.97 Å². The van der Waals surface area contributed by atoms with Gasteiger partial charge in [0, 0.05) is 15.2 Å². The first-order valence-corrected chi connectivity index (χ1v) is 7.65. The number of halogens is 1. The van der Waals surface area contributed by atoms with Gasteiger partial charge in [-0.3, -0.25) is 0 Å². The number of aliphatic hydroxyl groups excluding tert-OH is 1. The zero-order valence-corrected chi connectivity index (χ0v) is 11.5. The lowest BCUT2D eigenvalue weighted by Gasteiger charge is -2.10. The van der Waals surface area contributed by atoms with Crippen molar-refractivity contribution in [2.45, 2.75) is 23.2 Å². The minimum absolute atomic E-state index is 0.0377. The SMILES string of the molecule is CSc1c(C2(CO)CC2)sc2[c]nc(Cl)nc12. The number of aromatic nitrogens is 2. The molecule has 1 aliphatic rings. The third-order valence-electron chi connectivity index (χ3n) is 3.14. The van der Waals surface area contributed by atoms with Crippen LogP contribution in [-0.2, 0) is 5.41 Å². The molecule has 2 aromatic heterocycles.